The van der Waals surface area contributed by atoms with Crippen LogP contribution in [0.15, 0.2) is 47.5 Å². The van der Waals surface area contributed by atoms with Crippen LogP contribution in [-0.2, 0) is 22.7 Å². The van der Waals surface area contributed by atoms with Gasteiger partial charge in [-0.3, -0.25) is 14.2 Å². The number of fused-ring (bicyclic) bond motifs is 2. The largest absolute Gasteiger partial charge is 0.373 e. The van der Waals surface area contributed by atoms with Crippen molar-refractivity contribution in [1.82, 2.24) is 19.4 Å². The van der Waals surface area contributed by atoms with Gasteiger partial charge in [0.05, 0.1) is 36.3 Å². The molecule has 9 heteroatoms. The molecule has 5 heterocycles. The fraction of sp³-hybridized carbons (Fsp3) is 0.308. The van der Waals surface area contributed by atoms with Gasteiger partial charge in [-0.05, 0) is 49.6 Å². The van der Waals surface area contributed by atoms with Crippen LogP contribution in [0, 0.1) is 18.6 Å². The number of aryl methyl sites for hydroxylation is 1. The van der Waals surface area contributed by atoms with E-state index in [1.807, 2.05) is 19.1 Å². The molecule has 7 nitrogen and oxygen atoms in total. The van der Waals surface area contributed by atoms with Crippen molar-refractivity contribution in [1.29, 1.82) is 0 Å². The Labute approximate surface area is 199 Å². The van der Waals surface area contributed by atoms with Gasteiger partial charge in [-0.15, -0.1) is 0 Å². The van der Waals surface area contributed by atoms with E-state index in [1.165, 1.54) is 16.5 Å². The summed E-state index contributed by atoms with van der Waals surface area (Å²) in [6.45, 7) is 2.84. The highest BCUT2D eigenvalue weighted by molar-refractivity contribution is 5.74. The number of nitrogens with zero attached hydrogens (tertiary/aromatic N) is 4. The maximum atomic E-state index is 14.9. The van der Waals surface area contributed by atoms with E-state index >= 15 is 0 Å². The van der Waals surface area contributed by atoms with Crippen molar-refractivity contribution in [3.8, 4) is 11.3 Å². The summed E-state index contributed by atoms with van der Waals surface area (Å²) in [5, 5.41) is 0. The molecule has 1 unspecified atom stereocenters. The summed E-state index contributed by atoms with van der Waals surface area (Å²) < 4.78 is 41.4. The summed E-state index contributed by atoms with van der Waals surface area (Å²) in [4.78, 5) is 27.0. The number of halogens is 2. The lowest BCUT2D eigenvalue weighted by Gasteiger charge is -2.30. The zero-order chi connectivity index (χ0) is 24.1. The van der Waals surface area contributed by atoms with Crippen molar-refractivity contribution in [3.63, 3.8) is 0 Å². The van der Waals surface area contributed by atoms with E-state index in [9.17, 15) is 13.6 Å². The molecule has 1 saturated heterocycles. The van der Waals surface area contributed by atoms with Gasteiger partial charge in [0.2, 0.25) is 0 Å². The van der Waals surface area contributed by atoms with Crippen LogP contribution in [0.2, 0.25) is 0 Å². The Balaban J connectivity index is 1.51. The molecule has 0 spiro atoms. The van der Waals surface area contributed by atoms with E-state index in [4.69, 9.17) is 14.5 Å². The Morgan fingerprint density at radius 1 is 1.11 bits per heavy atom. The number of aromatic nitrogens is 4. The second-order valence-corrected chi connectivity index (χ2v) is 8.98. The van der Waals surface area contributed by atoms with E-state index in [0.717, 1.165) is 17.3 Å². The van der Waals surface area contributed by atoms with Crippen LogP contribution < -0.4 is 5.56 Å². The van der Waals surface area contributed by atoms with Crippen LogP contribution in [0.5, 0.6) is 0 Å². The van der Waals surface area contributed by atoms with Crippen molar-refractivity contribution < 1.29 is 18.3 Å². The summed E-state index contributed by atoms with van der Waals surface area (Å²) in [6.07, 6.45) is 4.64. The van der Waals surface area contributed by atoms with Gasteiger partial charge in [-0.1, -0.05) is 0 Å². The summed E-state index contributed by atoms with van der Waals surface area (Å²) in [5.74, 6) is -1.49. The first kappa shape index (κ1) is 21.9. The van der Waals surface area contributed by atoms with Crippen molar-refractivity contribution in [2.45, 2.75) is 45.0 Å². The topological polar surface area (TPSA) is 78.6 Å². The van der Waals surface area contributed by atoms with Gasteiger partial charge in [-0.25, -0.2) is 18.7 Å². The van der Waals surface area contributed by atoms with Crippen molar-refractivity contribution in [3.05, 3.63) is 92.9 Å². The van der Waals surface area contributed by atoms with Gasteiger partial charge >= 0.3 is 0 Å². The number of ether oxygens (including phenoxy) is 2. The Kier molecular flexibility index (Phi) is 5.38. The maximum absolute atomic E-state index is 14.9. The highest BCUT2D eigenvalue weighted by Crippen LogP contribution is 2.38. The van der Waals surface area contributed by atoms with Crippen LogP contribution in [-0.4, -0.2) is 26.0 Å². The molecule has 3 aromatic heterocycles. The Bertz CT molecular complexity index is 1520. The molecular weight excluding hydrogens is 454 g/mol. The normalized spacial score (nSPS) is 19.7. The van der Waals surface area contributed by atoms with E-state index in [2.05, 4.69) is 9.97 Å². The first-order valence-electron chi connectivity index (χ1n) is 11.5. The predicted octanol–water partition coefficient (Wildman–Crippen LogP) is 4.40. The molecule has 0 amide bonds. The van der Waals surface area contributed by atoms with Crippen LogP contribution in [0.1, 0.15) is 53.1 Å². The molecule has 178 valence electrons. The fourth-order valence-corrected chi connectivity index (χ4v) is 4.88. The standard InChI is InChI=1S/C26H22F2N4O3/c1-14-8-16(4-6-29-14)23-9-15(5-7-35-23)21-11-32-25(31-22-13-34-12-19(22)26(32)33)24(30-21)18-3-2-17(27)10-20(18)28/h2-4,6,8,10-11,15,23H,5,7,9,12-13H2,1H3/t15?,23-/m1/s1. The average Bonchev–Trinajstić information content (AvgIpc) is 3.33. The Morgan fingerprint density at radius 3 is 2.83 bits per heavy atom. The van der Waals surface area contributed by atoms with E-state index < -0.39 is 11.6 Å². The fourth-order valence-electron chi connectivity index (χ4n) is 4.88. The summed E-state index contributed by atoms with van der Waals surface area (Å²) in [7, 11) is 0. The SMILES string of the molecule is Cc1cc([C@H]2CC(c3cn4c(=O)c5c(nc4c(-c4ccc(F)cc4F)n3)COC5)CCO2)ccn1. The van der Waals surface area contributed by atoms with Crippen LogP contribution in [0.4, 0.5) is 8.78 Å². The first-order chi connectivity index (χ1) is 17.0. The zero-order valence-electron chi connectivity index (χ0n) is 19.0. The summed E-state index contributed by atoms with van der Waals surface area (Å²) in [6, 6.07) is 7.25. The molecule has 2 atom stereocenters. The second kappa shape index (κ2) is 8.58. The highest BCUT2D eigenvalue weighted by atomic mass is 19.1. The van der Waals surface area contributed by atoms with Crippen LogP contribution >= 0.6 is 0 Å². The molecular formula is C26H22F2N4O3. The van der Waals surface area contributed by atoms with Crippen LogP contribution in [0.25, 0.3) is 16.9 Å². The minimum atomic E-state index is -0.764. The Morgan fingerprint density at radius 2 is 2.00 bits per heavy atom. The number of rotatable bonds is 3. The van der Waals surface area contributed by atoms with Crippen molar-refractivity contribution in [2.75, 3.05) is 6.61 Å². The number of benzene rings is 1. The molecule has 6 rings (SSSR count). The minimum absolute atomic E-state index is 0.0368. The lowest BCUT2D eigenvalue weighted by atomic mass is 9.89. The van der Waals surface area contributed by atoms with Gasteiger partial charge in [0.15, 0.2) is 5.65 Å². The minimum Gasteiger partial charge on any atom is -0.373 e. The first-order valence-corrected chi connectivity index (χ1v) is 11.5. The smallest absolute Gasteiger partial charge is 0.263 e. The van der Waals surface area contributed by atoms with Gasteiger partial charge in [0, 0.05) is 42.2 Å². The molecule has 1 aromatic carbocycles. The monoisotopic (exact) mass is 476 g/mol. The van der Waals surface area contributed by atoms with E-state index in [1.54, 1.807) is 12.4 Å². The molecule has 2 aliphatic rings. The number of hydrogen-bond acceptors (Lipinski definition) is 6. The third-order valence-electron chi connectivity index (χ3n) is 6.67. The van der Waals surface area contributed by atoms with Crippen LogP contribution in [0.3, 0.4) is 0 Å². The van der Waals surface area contributed by atoms with E-state index in [-0.39, 0.29) is 47.7 Å². The average molecular weight is 476 g/mol. The van der Waals surface area contributed by atoms with Gasteiger partial charge in [0.25, 0.3) is 5.56 Å². The molecule has 2 aliphatic heterocycles. The summed E-state index contributed by atoms with van der Waals surface area (Å²) in [5.41, 5.74) is 3.83. The quantitative estimate of drug-likeness (QED) is 0.436. The lowest BCUT2D eigenvalue weighted by molar-refractivity contribution is 0.00451. The van der Waals surface area contributed by atoms with Crippen molar-refractivity contribution >= 4 is 5.65 Å². The molecule has 0 bridgehead atoms. The molecule has 0 saturated carbocycles. The maximum Gasteiger partial charge on any atom is 0.263 e. The van der Waals surface area contributed by atoms with Gasteiger partial charge in [-0.2, -0.15) is 0 Å². The summed E-state index contributed by atoms with van der Waals surface area (Å²) >= 11 is 0. The Hall–Kier alpha value is -3.56. The predicted molar refractivity (Wildman–Crippen MR) is 123 cm³/mol. The molecule has 1 fully saturated rings. The number of pyridine rings is 1. The third-order valence-corrected chi connectivity index (χ3v) is 6.67. The molecule has 0 aliphatic carbocycles. The van der Waals surface area contributed by atoms with Gasteiger partial charge in [0.1, 0.15) is 17.3 Å². The zero-order valence-corrected chi connectivity index (χ0v) is 19.0. The van der Waals surface area contributed by atoms with E-state index in [0.29, 0.717) is 36.4 Å². The highest BCUT2D eigenvalue weighted by Gasteiger charge is 2.29. The van der Waals surface area contributed by atoms with Crippen molar-refractivity contribution in [2.24, 2.45) is 0 Å². The molecule has 0 radical (unpaired) electrons. The molecule has 35 heavy (non-hydrogen) atoms. The molecule has 4 aromatic rings. The lowest BCUT2D eigenvalue weighted by Crippen LogP contribution is -2.24. The molecule has 0 N–H and O–H groups in total. The van der Waals surface area contributed by atoms with Gasteiger partial charge < -0.3 is 9.47 Å². The second-order valence-electron chi connectivity index (χ2n) is 8.98. The third kappa shape index (κ3) is 3.90. The number of hydrogen-bond donors (Lipinski definition) is 0.